The van der Waals surface area contributed by atoms with Gasteiger partial charge in [0.2, 0.25) is 0 Å². The minimum absolute atomic E-state index is 0.179. The molecular weight excluding hydrogens is 248 g/mol. The molecule has 0 spiro atoms. The summed E-state index contributed by atoms with van der Waals surface area (Å²) in [6.07, 6.45) is 17.6. The first-order valence-electron chi connectivity index (χ1n) is 6.09. The second kappa shape index (κ2) is 10.4. The van der Waals surface area contributed by atoms with Gasteiger partial charge in [0.25, 0.3) is 0 Å². The molecule has 0 radical (unpaired) electrons. The third-order valence-electron chi connectivity index (χ3n) is 2.26. The fourth-order valence-electron chi connectivity index (χ4n) is 1.38. The van der Waals surface area contributed by atoms with Gasteiger partial charge in [-0.15, -0.1) is 12.8 Å². The minimum atomic E-state index is 0.179. The van der Waals surface area contributed by atoms with Crippen LogP contribution in [0.3, 0.4) is 0 Å². The second-order valence-corrected chi connectivity index (χ2v) is 3.75. The van der Waals surface area contributed by atoms with Crippen LogP contribution in [-0.4, -0.2) is 13.2 Å². The molecular formula is C18H20O2. The van der Waals surface area contributed by atoms with Crippen LogP contribution in [0.5, 0.6) is 0 Å². The Morgan fingerprint density at radius 1 is 1.10 bits per heavy atom. The summed E-state index contributed by atoms with van der Waals surface area (Å²) in [6, 6.07) is 0. The molecule has 0 unspecified atom stereocenters. The summed E-state index contributed by atoms with van der Waals surface area (Å²) in [5.41, 5.74) is 1.79. The maximum Gasteiger partial charge on any atom is 0.148 e. The summed E-state index contributed by atoms with van der Waals surface area (Å²) in [7, 11) is 0. The van der Waals surface area contributed by atoms with Gasteiger partial charge < -0.3 is 9.47 Å². The number of allylic oxidation sites excluding steroid dienone is 7. The van der Waals surface area contributed by atoms with Gasteiger partial charge in [0.15, 0.2) is 0 Å². The average molecular weight is 268 g/mol. The Labute approximate surface area is 122 Å². The van der Waals surface area contributed by atoms with Gasteiger partial charge in [-0.3, -0.25) is 0 Å². The third kappa shape index (κ3) is 6.99. The molecule has 0 saturated heterocycles. The van der Waals surface area contributed by atoms with E-state index in [0.717, 1.165) is 11.1 Å². The predicted octanol–water partition coefficient (Wildman–Crippen LogP) is 3.76. The highest BCUT2D eigenvalue weighted by molar-refractivity contribution is 5.48. The van der Waals surface area contributed by atoms with Crippen LogP contribution in [-0.2, 0) is 9.47 Å². The topological polar surface area (TPSA) is 18.5 Å². The lowest BCUT2D eigenvalue weighted by atomic mass is 10.0. The van der Waals surface area contributed by atoms with E-state index in [1.807, 2.05) is 26.0 Å². The van der Waals surface area contributed by atoms with E-state index in [9.17, 15) is 0 Å². The van der Waals surface area contributed by atoms with E-state index in [1.54, 1.807) is 12.2 Å². The normalized spacial score (nSPS) is 12.1. The summed E-state index contributed by atoms with van der Waals surface area (Å²) in [4.78, 5) is 0. The predicted molar refractivity (Wildman–Crippen MR) is 84.5 cm³/mol. The largest absolute Gasteiger partial charge is 0.486 e. The molecule has 2 nitrogen and oxygen atoms in total. The Bertz CT molecular complexity index is 517. The molecule has 0 rings (SSSR count). The first-order chi connectivity index (χ1) is 9.58. The smallest absolute Gasteiger partial charge is 0.148 e. The highest BCUT2D eigenvalue weighted by Crippen LogP contribution is 2.17. The van der Waals surface area contributed by atoms with E-state index >= 15 is 0 Å². The Morgan fingerprint density at radius 2 is 1.70 bits per heavy atom. The van der Waals surface area contributed by atoms with Crippen molar-refractivity contribution in [3.05, 3.63) is 60.1 Å². The summed E-state index contributed by atoms with van der Waals surface area (Å²) in [6.45, 7) is 11.7. The van der Waals surface area contributed by atoms with E-state index in [0.29, 0.717) is 11.5 Å². The molecule has 0 amide bonds. The molecule has 2 heteroatoms. The molecule has 0 aromatic carbocycles. The van der Waals surface area contributed by atoms with Crippen molar-refractivity contribution in [2.24, 2.45) is 0 Å². The van der Waals surface area contributed by atoms with Gasteiger partial charge in [0, 0.05) is 0 Å². The van der Waals surface area contributed by atoms with Crippen molar-refractivity contribution in [1.29, 1.82) is 0 Å². The molecule has 0 aliphatic carbocycles. The molecule has 0 saturated carbocycles. The number of terminal acetylenes is 2. The van der Waals surface area contributed by atoms with Crippen molar-refractivity contribution in [1.82, 2.24) is 0 Å². The molecule has 0 aromatic rings. The van der Waals surface area contributed by atoms with Gasteiger partial charge in [-0.25, -0.2) is 0 Å². The maximum atomic E-state index is 5.34. The molecule has 0 fully saturated rings. The third-order valence-corrected chi connectivity index (χ3v) is 2.26. The van der Waals surface area contributed by atoms with Gasteiger partial charge in [0.1, 0.15) is 19.0 Å². The molecule has 0 bridgehead atoms. The fourth-order valence-corrected chi connectivity index (χ4v) is 1.38. The van der Waals surface area contributed by atoms with Crippen molar-refractivity contribution in [2.75, 3.05) is 13.2 Å². The number of ether oxygens (including phenoxy) is 2. The first kappa shape index (κ1) is 17.4. The summed E-state index contributed by atoms with van der Waals surface area (Å²) >= 11 is 0. The van der Waals surface area contributed by atoms with Crippen LogP contribution in [0.4, 0.5) is 0 Å². The number of hydrogen-bond acceptors (Lipinski definition) is 2. The average Bonchev–Trinajstić information content (AvgIpc) is 2.44. The zero-order valence-corrected chi connectivity index (χ0v) is 12.1. The van der Waals surface area contributed by atoms with Crippen molar-refractivity contribution in [2.45, 2.75) is 13.8 Å². The highest BCUT2D eigenvalue weighted by atomic mass is 16.5. The van der Waals surface area contributed by atoms with Gasteiger partial charge in [-0.05, 0) is 37.1 Å². The lowest BCUT2D eigenvalue weighted by Crippen LogP contribution is -1.94. The van der Waals surface area contributed by atoms with Crippen LogP contribution in [0.2, 0.25) is 0 Å². The lowest BCUT2D eigenvalue weighted by Gasteiger charge is -2.08. The van der Waals surface area contributed by atoms with Crippen molar-refractivity contribution in [3.63, 3.8) is 0 Å². The van der Waals surface area contributed by atoms with E-state index in [1.165, 1.54) is 0 Å². The van der Waals surface area contributed by atoms with Crippen LogP contribution < -0.4 is 0 Å². The van der Waals surface area contributed by atoms with Gasteiger partial charge in [0.05, 0.1) is 5.76 Å². The van der Waals surface area contributed by atoms with Crippen molar-refractivity contribution >= 4 is 0 Å². The molecule has 0 atom stereocenters. The zero-order valence-electron chi connectivity index (χ0n) is 12.1. The maximum absolute atomic E-state index is 5.34. The Hall–Kier alpha value is -2.58. The fraction of sp³-hybridized carbons (Fsp3) is 0.222. The van der Waals surface area contributed by atoms with Crippen LogP contribution in [0.25, 0.3) is 0 Å². The van der Waals surface area contributed by atoms with Crippen molar-refractivity contribution < 1.29 is 9.47 Å². The highest BCUT2D eigenvalue weighted by Gasteiger charge is 2.02. The molecule has 0 heterocycles. The zero-order chi connectivity index (χ0) is 15.4. The minimum Gasteiger partial charge on any atom is -0.486 e. The standard InChI is InChI=1S/C18H20O2/c1-7-11-19-15(5)13-18(17(9-3)10-4)14-16(6)20-12-8-2/h1-2,9-10,13-14H,3,5,11-12H2,4,6H3/b16-14+,17-10-,18-13-. The quantitative estimate of drug-likeness (QED) is 0.379. The Balaban J connectivity index is 5.25. The van der Waals surface area contributed by atoms with Crippen LogP contribution in [0.15, 0.2) is 60.1 Å². The SMILES string of the molecule is C#CCOC(=C)/C=C(/C=C(\C)OCC#C)C(\C=C)=C/C. The van der Waals surface area contributed by atoms with Crippen LogP contribution in [0, 0.1) is 24.7 Å². The van der Waals surface area contributed by atoms with E-state index in [-0.39, 0.29) is 13.2 Å². The molecule has 20 heavy (non-hydrogen) atoms. The first-order valence-corrected chi connectivity index (χ1v) is 6.09. The number of hydrogen-bond donors (Lipinski definition) is 0. The van der Waals surface area contributed by atoms with Crippen LogP contribution in [0.1, 0.15) is 13.8 Å². The lowest BCUT2D eigenvalue weighted by molar-refractivity contribution is 0.255. The van der Waals surface area contributed by atoms with Gasteiger partial charge >= 0.3 is 0 Å². The van der Waals surface area contributed by atoms with Crippen LogP contribution >= 0.6 is 0 Å². The van der Waals surface area contributed by atoms with Crippen molar-refractivity contribution in [3.8, 4) is 24.7 Å². The Morgan fingerprint density at radius 3 is 2.20 bits per heavy atom. The van der Waals surface area contributed by atoms with E-state index in [4.69, 9.17) is 22.3 Å². The number of rotatable bonds is 8. The van der Waals surface area contributed by atoms with E-state index < -0.39 is 0 Å². The summed E-state index contributed by atoms with van der Waals surface area (Å²) in [5.74, 6) is 5.97. The van der Waals surface area contributed by atoms with Gasteiger partial charge in [-0.2, -0.15) is 0 Å². The summed E-state index contributed by atoms with van der Waals surface area (Å²) < 4.78 is 10.6. The molecule has 0 N–H and O–H groups in total. The monoisotopic (exact) mass is 268 g/mol. The Kier molecular flexibility index (Phi) is 9.02. The second-order valence-electron chi connectivity index (χ2n) is 3.75. The van der Waals surface area contributed by atoms with Gasteiger partial charge in [-0.1, -0.05) is 37.2 Å². The molecule has 0 aromatic heterocycles. The molecule has 0 aliphatic heterocycles. The van der Waals surface area contributed by atoms with E-state index in [2.05, 4.69) is 25.0 Å². The summed E-state index contributed by atoms with van der Waals surface area (Å²) in [5, 5.41) is 0. The molecule has 104 valence electrons. The molecule has 0 aliphatic rings.